The molecule has 1 aromatic rings. The van der Waals surface area contributed by atoms with Crippen LogP contribution in [0, 0.1) is 0 Å². The van der Waals surface area contributed by atoms with Crippen LogP contribution in [-0.4, -0.2) is 47.9 Å². The Morgan fingerprint density at radius 2 is 1.52 bits per heavy atom. The van der Waals surface area contributed by atoms with Gasteiger partial charge in [0.15, 0.2) is 0 Å². The van der Waals surface area contributed by atoms with Gasteiger partial charge in [0.05, 0.1) is 9.79 Å². The van der Waals surface area contributed by atoms with Crippen molar-refractivity contribution in [1.29, 1.82) is 0 Å². The van der Waals surface area contributed by atoms with Gasteiger partial charge in [-0.3, -0.25) is 0 Å². The minimum absolute atomic E-state index is 0.0248. The van der Waals surface area contributed by atoms with Crippen LogP contribution in [-0.2, 0) is 20.0 Å². The molecule has 0 amide bonds. The van der Waals surface area contributed by atoms with Crippen molar-refractivity contribution in [3.63, 3.8) is 0 Å². The van der Waals surface area contributed by atoms with Gasteiger partial charge in [-0.1, -0.05) is 12.8 Å². The Hall–Kier alpha value is -1.00. The Kier molecular flexibility index (Phi) is 5.17. The summed E-state index contributed by atoms with van der Waals surface area (Å²) < 4.78 is 49.9. The van der Waals surface area contributed by atoms with Crippen molar-refractivity contribution in [3.05, 3.63) is 24.3 Å². The van der Waals surface area contributed by atoms with Gasteiger partial charge >= 0.3 is 0 Å². The SMILES string of the molecule is CN(C)C1(CNS(=O)(=O)c2ccc(S(N)(=O)=O)cc2)CCCC1. The summed E-state index contributed by atoms with van der Waals surface area (Å²) >= 11 is 0. The van der Waals surface area contributed by atoms with E-state index >= 15 is 0 Å². The molecule has 9 heteroatoms. The Morgan fingerprint density at radius 3 is 1.96 bits per heavy atom. The molecule has 0 radical (unpaired) electrons. The van der Waals surface area contributed by atoms with E-state index in [4.69, 9.17) is 5.14 Å². The molecule has 0 bridgehead atoms. The zero-order valence-corrected chi connectivity index (χ0v) is 15.0. The van der Waals surface area contributed by atoms with Crippen LogP contribution >= 0.6 is 0 Å². The van der Waals surface area contributed by atoms with Crippen molar-refractivity contribution < 1.29 is 16.8 Å². The summed E-state index contributed by atoms with van der Waals surface area (Å²) in [5.41, 5.74) is -0.159. The van der Waals surface area contributed by atoms with Crippen LogP contribution in [0.15, 0.2) is 34.1 Å². The second-order valence-corrected chi connectivity index (χ2v) is 9.50. The zero-order chi connectivity index (χ0) is 17.3. The lowest BCUT2D eigenvalue weighted by molar-refractivity contribution is 0.162. The predicted octanol–water partition coefficient (Wildman–Crippen LogP) is 0.487. The second kappa shape index (κ2) is 6.48. The fourth-order valence-corrected chi connectivity index (χ4v) is 4.57. The van der Waals surface area contributed by atoms with Gasteiger partial charge in [0.1, 0.15) is 0 Å². The van der Waals surface area contributed by atoms with E-state index in [0.29, 0.717) is 6.54 Å². The van der Waals surface area contributed by atoms with E-state index in [-0.39, 0.29) is 15.3 Å². The molecule has 7 nitrogen and oxygen atoms in total. The van der Waals surface area contributed by atoms with Crippen molar-refractivity contribution in [2.24, 2.45) is 5.14 Å². The maximum atomic E-state index is 12.4. The van der Waals surface area contributed by atoms with Gasteiger partial charge in [0.2, 0.25) is 20.0 Å². The summed E-state index contributed by atoms with van der Waals surface area (Å²) in [6.45, 7) is 0.333. The highest BCUT2D eigenvalue weighted by Crippen LogP contribution is 2.33. The van der Waals surface area contributed by atoms with Crippen LogP contribution < -0.4 is 9.86 Å². The number of likely N-dealkylation sites (N-methyl/N-ethyl adjacent to an activating group) is 1. The zero-order valence-electron chi connectivity index (χ0n) is 13.3. The quantitative estimate of drug-likeness (QED) is 0.766. The van der Waals surface area contributed by atoms with Gasteiger partial charge in [0.25, 0.3) is 0 Å². The molecule has 3 N–H and O–H groups in total. The molecular formula is C14H23N3O4S2. The lowest BCUT2D eigenvalue weighted by Crippen LogP contribution is -2.50. The largest absolute Gasteiger partial charge is 0.302 e. The van der Waals surface area contributed by atoms with Crippen molar-refractivity contribution in [2.75, 3.05) is 20.6 Å². The lowest BCUT2D eigenvalue weighted by Gasteiger charge is -2.36. The molecule has 1 aromatic carbocycles. The minimum atomic E-state index is -3.83. The fourth-order valence-electron chi connectivity index (χ4n) is 2.94. The molecule has 130 valence electrons. The highest BCUT2D eigenvalue weighted by molar-refractivity contribution is 7.89. The maximum Gasteiger partial charge on any atom is 0.240 e. The average molecular weight is 361 g/mol. The van der Waals surface area contributed by atoms with Crippen molar-refractivity contribution in [1.82, 2.24) is 9.62 Å². The molecule has 0 saturated heterocycles. The third kappa shape index (κ3) is 4.10. The van der Waals surface area contributed by atoms with E-state index in [9.17, 15) is 16.8 Å². The molecule has 0 spiro atoms. The number of nitrogens with zero attached hydrogens (tertiary/aromatic N) is 1. The van der Waals surface area contributed by atoms with E-state index in [2.05, 4.69) is 9.62 Å². The Morgan fingerprint density at radius 1 is 1.04 bits per heavy atom. The van der Waals surface area contributed by atoms with E-state index in [1.165, 1.54) is 24.3 Å². The molecule has 2 rings (SSSR count). The Bertz CT molecular complexity index is 750. The molecule has 0 unspecified atom stereocenters. The van der Waals surface area contributed by atoms with Gasteiger partial charge in [-0.15, -0.1) is 0 Å². The fraction of sp³-hybridized carbons (Fsp3) is 0.571. The summed E-state index contributed by atoms with van der Waals surface area (Å²) in [6.07, 6.45) is 4.08. The van der Waals surface area contributed by atoms with Crippen molar-refractivity contribution in [3.8, 4) is 0 Å². The summed E-state index contributed by atoms with van der Waals surface area (Å²) in [4.78, 5) is 1.99. The number of nitrogens with one attached hydrogen (secondary N) is 1. The summed E-state index contributed by atoms with van der Waals surface area (Å²) in [5.74, 6) is 0. The predicted molar refractivity (Wildman–Crippen MR) is 87.9 cm³/mol. The third-order valence-electron chi connectivity index (χ3n) is 4.54. The summed E-state index contributed by atoms with van der Waals surface area (Å²) in [6, 6.07) is 4.89. The number of rotatable bonds is 6. The molecule has 1 aliphatic carbocycles. The van der Waals surface area contributed by atoms with E-state index in [1.54, 1.807) is 0 Å². The van der Waals surface area contributed by atoms with Crippen LogP contribution in [0.25, 0.3) is 0 Å². The molecule has 1 fully saturated rings. The van der Waals surface area contributed by atoms with E-state index < -0.39 is 20.0 Å². The highest BCUT2D eigenvalue weighted by atomic mass is 32.2. The molecule has 0 aliphatic heterocycles. The van der Waals surface area contributed by atoms with Crippen LogP contribution in [0.2, 0.25) is 0 Å². The third-order valence-corrected chi connectivity index (χ3v) is 6.88. The Labute approximate surface area is 138 Å². The normalized spacial score (nSPS) is 18.4. The average Bonchev–Trinajstić information content (AvgIpc) is 2.95. The number of primary sulfonamides is 1. The molecule has 23 heavy (non-hydrogen) atoms. The van der Waals surface area contributed by atoms with E-state index in [0.717, 1.165) is 25.7 Å². The number of benzene rings is 1. The monoisotopic (exact) mass is 361 g/mol. The second-order valence-electron chi connectivity index (χ2n) is 6.17. The Balaban J connectivity index is 2.16. The number of nitrogens with two attached hydrogens (primary N) is 1. The molecular weight excluding hydrogens is 338 g/mol. The van der Waals surface area contributed by atoms with Crippen molar-refractivity contribution in [2.45, 2.75) is 41.0 Å². The first-order chi connectivity index (χ1) is 10.6. The maximum absolute atomic E-state index is 12.4. The van der Waals surface area contributed by atoms with Crippen LogP contribution in [0.3, 0.4) is 0 Å². The molecule has 0 heterocycles. The number of sulfonamides is 2. The smallest absolute Gasteiger partial charge is 0.240 e. The van der Waals surface area contributed by atoms with Crippen LogP contribution in [0.1, 0.15) is 25.7 Å². The molecule has 0 aromatic heterocycles. The first-order valence-electron chi connectivity index (χ1n) is 7.37. The first kappa shape index (κ1) is 18.3. The molecule has 1 aliphatic rings. The van der Waals surface area contributed by atoms with Gasteiger partial charge in [-0.25, -0.2) is 26.7 Å². The molecule has 1 saturated carbocycles. The standard InChI is InChI=1S/C14H23N3O4S2/c1-17(2)14(9-3-4-10-14)11-16-23(20,21)13-7-5-12(6-8-13)22(15,18)19/h5-8,16H,3-4,9-11H2,1-2H3,(H2,15,18,19). The molecule has 0 atom stereocenters. The van der Waals surface area contributed by atoms with Crippen molar-refractivity contribution >= 4 is 20.0 Å². The minimum Gasteiger partial charge on any atom is -0.302 e. The highest BCUT2D eigenvalue weighted by Gasteiger charge is 2.36. The van der Waals surface area contributed by atoms with Crippen LogP contribution in [0.4, 0.5) is 0 Å². The van der Waals surface area contributed by atoms with Crippen LogP contribution in [0.5, 0.6) is 0 Å². The van der Waals surface area contributed by atoms with Gasteiger partial charge < -0.3 is 4.90 Å². The topological polar surface area (TPSA) is 110 Å². The number of hydrogen-bond acceptors (Lipinski definition) is 5. The van der Waals surface area contributed by atoms with E-state index in [1.807, 2.05) is 14.1 Å². The summed E-state index contributed by atoms with van der Waals surface area (Å²) in [7, 11) is -3.61. The van der Waals surface area contributed by atoms with Gasteiger partial charge in [-0.05, 0) is 51.2 Å². The van der Waals surface area contributed by atoms with Gasteiger partial charge in [0, 0.05) is 12.1 Å². The lowest BCUT2D eigenvalue weighted by atomic mass is 9.97. The summed E-state index contributed by atoms with van der Waals surface area (Å²) in [5, 5.41) is 5.01. The van der Waals surface area contributed by atoms with Gasteiger partial charge in [-0.2, -0.15) is 0 Å². The number of hydrogen-bond donors (Lipinski definition) is 2. The first-order valence-corrected chi connectivity index (χ1v) is 10.4.